The number of hydrogen-bond acceptors (Lipinski definition) is 2. The first-order valence-corrected chi connectivity index (χ1v) is 5.02. The number of anilines is 1. The van der Waals surface area contributed by atoms with Crippen LogP contribution in [-0.4, -0.2) is 15.9 Å². The predicted molar refractivity (Wildman–Crippen MR) is 59.5 cm³/mol. The van der Waals surface area contributed by atoms with Gasteiger partial charge in [0.1, 0.15) is 5.82 Å². The van der Waals surface area contributed by atoms with Gasteiger partial charge in [-0.1, -0.05) is 13.8 Å². The van der Waals surface area contributed by atoms with Gasteiger partial charge in [0.15, 0.2) is 0 Å². The molecule has 0 saturated heterocycles. The van der Waals surface area contributed by atoms with Crippen LogP contribution in [0, 0.1) is 11.7 Å². The van der Waals surface area contributed by atoms with E-state index in [2.05, 4.69) is 15.3 Å². The first kappa shape index (κ1) is 10.6. The molecular weight excluding hydrogens is 209 g/mol. The van der Waals surface area contributed by atoms with Crippen molar-refractivity contribution in [2.45, 2.75) is 13.8 Å². The van der Waals surface area contributed by atoms with Crippen LogP contribution in [0.1, 0.15) is 13.8 Å². The van der Waals surface area contributed by atoms with Crippen molar-refractivity contribution in [3.8, 4) is 0 Å². The lowest BCUT2D eigenvalue weighted by Gasteiger charge is -2.03. The summed E-state index contributed by atoms with van der Waals surface area (Å²) in [7, 11) is 0. The molecule has 0 radical (unpaired) electrons. The maximum atomic E-state index is 12.9. The fourth-order valence-electron chi connectivity index (χ4n) is 1.30. The van der Waals surface area contributed by atoms with Crippen LogP contribution in [0.3, 0.4) is 0 Å². The molecule has 0 aliphatic rings. The minimum Gasteiger partial charge on any atom is -0.324 e. The van der Waals surface area contributed by atoms with Crippen molar-refractivity contribution in [1.82, 2.24) is 9.97 Å². The zero-order valence-electron chi connectivity index (χ0n) is 9.04. The van der Waals surface area contributed by atoms with Crippen molar-refractivity contribution in [3.05, 3.63) is 24.0 Å². The number of hydrogen-bond donors (Lipinski definition) is 2. The van der Waals surface area contributed by atoms with Crippen LogP contribution in [0.25, 0.3) is 11.0 Å². The van der Waals surface area contributed by atoms with Gasteiger partial charge in [-0.15, -0.1) is 0 Å². The van der Waals surface area contributed by atoms with Crippen LogP contribution >= 0.6 is 0 Å². The number of aromatic nitrogens is 2. The second-order valence-electron chi connectivity index (χ2n) is 3.89. The van der Waals surface area contributed by atoms with E-state index in [0.717, 1.165) is 0 Å². The van der Waals surface area contributed by atoms with Gasteiger partial charge in [-0.25, -0.2) is 9.37 Å². The van der Waals surface area contributed by atoms with Gasteiger partial charge < -0.3 is 4.98 Å². The molecule has 0 saturated carbocycles. The van der Waals surface area contributed by atoms with Crippen molar-refractivity contribution in [2.75, 3.05) is 5.32 Å². The van der Waals surface area contributed by atoms with E-state index < -0.39 is 0 Å². The number of nitrogens with zero attached hydrogens (tertiary/aromatic N) is 1. The first-order chi connectivity index (χ1) is 7.56. The molecule has 2 aromatic rings. The van der Waals surface area contributed by atoms with Crippen molar-refractivity contribution >= 4 is 22.9 Å². The fraction of sp³-hybridized carbons (Fsp3) is 0.273. The van der Waals surface area contributed by atoms with E-state index in [0.29, 0.717) is 17.0 Å². The number of carbonyl (C=O) groups is 1. The molecule has 4 nitrogen and oxygen atoms in total. The summed E-state index contributed by atoms with van der Waals surface area (Å²) in [5, 5.41) is 2.62. The molecule has 0 atom stereocenters. The number of imidazole rings is 1. The summed E-state index contributed by atoms with van der Waals surface area (Å²) in [6.07, 6.45) is 0. The molecule has 84 valence electrons. The summed E-state index contributed by atoms with van der Waals surface area (Å²) in [5.74, 6) is -0.235. The summed E-state index contributed by atoms with van der Waals surface area (Å²) < 4.78 is 12.9. The van der Waals surface area contributed by atoms with E-state index >= 15 is 0 Å². The van der Waals surface area contributed by atoms with Crippen LogP contribution in [0.15, 0.2) is 18.2 Å². The molecular formula is C11H12FN3O. The monoisotopic (exact) mass is 221 g/mol. The number of aromatic amines is 1. The Morgan fingerprint density at radius 2 is 2.25 bits per heavy atom. The highest BCUT2D eigenvalue weighted by Crippen LogP contribution is 2.15. The average molecular weight is 221 g/mol. The third-order valence-corrected chi connectivity index (χ3v) is 2.21. The molecule has 2 N–H and O–H groups in total. The topological polar surface area (TPSA) is 57.8 Å². The maximum absolute atomic E-state index is 12.9. The summed E-state index contributed by atoms with van der Waals surface area (Å²) in [5.41, 5.74) is 1.19. The summed E-state index contributed by atoms with van der Waals surface area (Å²) in [4.78, 5) is 18.4. The smallest absolute Gasteiger partial charge is 0.229 e. The van der Waals surface area contributed by atoms with Gasteiger partial charge in [0.05, 0.1) is 11.0 Å². The van der Waals surface area contributed by atoms with Gasteiger partial charge in [-0.3, -0.25) is 10.1 Å². The van der Waals surface area contributed by atoms with Crippen molar-refractivity contribution in [3.63, 3.8) is 0 Å². The zero-order chi connectivity index (χ0) is 11.7. The summed E-state index contributed by atoms with van der Waals surface area (Å²) in [6.45, 7) is 3.58. The lowest BCUT2D eigenvalue weighted by molar-refractivity contribution is -0.118. The third kappa shape index (κ3) is 2.03. The SMILES string of the molecule is CC(C)C(=O)Nc1nc2ccc(F)cc2[nH]1. The summed E-state index contributed by atoms with van der Waals surface area (Å²) >= 11 is 0. The Kier molecular flexibility index (Phi) is 2.60. The largest absolute Gasteiger partial charge is 0.324 e. The highest BCUT2D eigenvalue weighted by atomic mass is 19.1. The minimum absolute atomic E-state index is 0.120. The Bertz CT molecular complexity index is 533. The second-order valence-corrected chi connectivity index (χ2v) is 3.89. The van der Waals surface area contributed by atoms with Crippen LogP contribution in [-0.2, 0) is 4.79 Å². The Morgan fingerprint density at radius 1 is 1.50 bits per heavy atom. The molecule has 0 fully saturated rings. The van der Waals surface area contributed by atoms with E-state index in [9.17, 15) is 9.18 Å². The number of carbonyl (C=O) groups excluding carboxylic acids is 1. The van der Waals surface area contributed by atoms with Crippen LogP contribution in [0.2, 0.25) is 0 Å². The Labute approximate surface area is 91.9 Å². The minimum atomic E-state index is -0.335. The second kappa shape index (κ2) is 3.92. The van der Waals surface area contributed by atoms with E-state index in [1.807, 2.05) is 0 Å². The van der Waals surface area contributed by atoms with Gasteiger partial charge in [-0.05, 0) is 18.2 Å². The molecule has 1 aromatic carbocycles. The van der Waals surface area contributed by atoms with Crippen LogP contribution < -0.4 is 5.32 Å². The van der Waals surface area contributed by atoms with Gasteiger partial charge in [-0.2, -0.15) is 0 Å². The standard InChI is InChI=1S/C11H12FN3O/c1-6(2)10(16)15-11-13-8-4-3-7(12)5-9(8)14-11/h3-6H,1-2H3,(H2,13,14,15,16). The number of rotatable bonds is 2. The first-order valence-electron chi connectivity index (χ1n) is 5.02. The van der Waals surface area contributed by atoms with Crippen molar-refractivity contribution in [2.24, 2.45) is 5.92 Å². The van der Waals surface area contributed by atoms with Crippen LogP contribution in [0.4, 0.5) is 10.3 Å². The Morgan fingerprint density at radius 3 is 2.94 bits per heavy atom. The highest BCUT2D eigenvalue weighted by molar-refractivity contribution is 5.92. The number of halogens is 1. The molecule has 0 unspecified atom stereocenters. The fourth-order valence-corrected chi connectivity index (χ4v) is 1.30. The molecule has 5 heteroatoms. The normalized spacial score (nSPS) is 11.0. The van der Waals surface area contributed by atoms with E-state index in [4.69, 9.17) is 0 Å². The molecule has 1 aromatic heterocycles. The Balaban J connectivity index is 2.29. The summed E-state index contributed by atoms with van der Waals surface area (Å²) in [6, 6.07) is 4.23. The predicted octanol–water partition coefficient (Wildman–Crippen LogP) is 2.30. The van der Waals surface area contributed by atoms with Gasteiger partial charge in [0.25, 0.3) is 0 Å². The number of H-pyrrole nitrogens is 1. The van der Waals surface area contributed by atoms with Gasteiger partial charge >= 0.3 is 0 Å². The van der Waals surface area contributed by atoms with Crippen molar-refractivity contribution < 1.29 is 9.18 Å². The molecule has 0 spiro atoms. The molecule has 1 heterocycles. The lowest BCUT2D eigenvalue weighted by atomic mass is 10.2. The van der Waals surface area contributed by atoms with Crippen LogP contribution in [0.5, 0.6) is 0 Å². The number of fused-ring (bicyclic) bond motifs is 1. The Hall–Kier alpha value is -1.91. The molecule has 0 aliphatic heterocycles. The van der Waals surface area contributed by atoms with E-state index in [1.165, 1.54) is 12.1 Å². The quantitative estimate of drug-likeness (QED) is 0.817. The number of benzene rings is 1. The molecule has 0 aliphatic carbocycles. The zero-order valence-corrected chi connectivity index (χ0v) is 9.04. The maximum Gasteiger partial charge on any atom is 0.229 e. The molecule has 2 rings (SSSR count). The van der Waals surface area contributed by atoms with Crippen molar-refractivity contribution in [1.29, 1.82) is 0 Å². The molecule has 0 bridgehead atoms. The molecule has 16 heavy (non-hydrogen) atoms. The number of amides is 1. The average Bonchev–Trinajstić information content (AvgIpc) is 2.58. The van der Waals surface area contributed by atoms with E-state index in [1.54, 1.807) is 19.9 Å². The van der Waals surface area contributed by atoms with E-state index in [-0.39, 0.29) is 17.6 Å². The van der Waals surface area contributed by atoms with Gasteiger partial charge in [0, 0.05) is 5.92 Å². The molecule has 1 amide bonds. The number of nitrogens with one attached hydrogen (secondary N) is 2. The third-order valence-electron chi connectivity index (χ3n) is 2.21. The van der Waals surface area contributed by atoms with Gasteiger partial charge in [0.2, 0.25) is 11.9 Å². The lowest BCUT2D eigenvalue weighted by Crippen LogP contribution is -2.18. The highest BCUT2D eigenvalue weighted by Gasteiger charge is 2.10.